The monoisotopic (exact) mass is 509 g/mol. The largest absolute Gasteiger partial charge is 0.478 e. The summed E-state index contributed by atoms with van der Waals surface area (Å²) in [6, 6.07) is 25.7. The zero-order chi connectivity index (χ0) is 26.5. The molecule has 3 aromatic carbocycles. The molecule has 0 spiro atoms. The van der Waals surface area contributed by atoms with Crippen LogP contribution in [0.25, 0.3) is 10.8 Å². The minimum absolute atomic E-state index is 0.150. The summed E-state index contributed by atoms with van der Waals surface area (Å²) in [5.41, 5.74) is 2.86. The van der Waals surface area contributed by atoms with Crippen LogP contribution in [0.5, 0.6) is 0 Å². The molecule has 6 heteroatoms. The molecule has 3 aromatic rings. The highest BCUT2D eigenvalue weighted by molar-refractivity contribution is 5.90. The van der Waals surface area contributed by atoms with Crippen LogP contribution >= 0.6 is 0 Å². The van der Waals surface area contributed by atoms with Crippen LogP contribution in [0.2, 0.25) is 0 Å². The number of carboxylic acid groups (broad SMARTS) is 1. The Morgan fingerprint density at radius 2 is 1.76 bits per heavy atom. The Kier molecular flexibility index (Phi) is 7.89. The number of nitrogens with one attached hydrogen (secondary N) is 1. The van der Waals surface area contributed by atoms with Gasteiger partial charge in [0.2, 0.25) is 5.91 Å². The molecule has 0 unspecified atom stereocenters. The van der Waals surface area contributed by atoms with E-state index in [1.54, 1.807) is 18.4 Å². The summed E-state index contributed by atoms with van der Waals surface area (Å²) in [4.78, 5) is 28.3. The molecule has 0 aliphatic carbocycles. The van der Waals surface area contributed by atoms with E-state index in [1.807, 2.05) is 15.9 Å². The first-order valence-corrected chi connectivity index (χ1v) is 13.4. The van der Waals surface area contributed by atoms with Crippen molar-refractivity contribution >= 4 is 22.6 Å². The van der Waals surface area contributed by atoms with Gasteiger partial charge in [-0.2, -0.15) is 0 Å². The van der Waals surface area contributed by atoms with Crippen LogP contribution in [0.4, 0.5) is 0 Å². The molecule has 1 amide bonds. The highest BCUT2D eigenvalue weighted by Gasteiger charge is 2.36. The van der Waals surface area contributed by atoms with E-state index in [4.69, 9.17) is 5.11 Å². The third-order valence-electron chi connectivity index (χ3n) is 7.87. The number of hydrogen-bond donors (Lipinski definition) is 2. The van der Waals surface area contributed by atoms with Crippen molar-refractivity contribution in [3.8, 4) is 0 Å². The minimum atomic E-state index is -0.921. The zero-order valence-electron chi connectivity index (χ0n) is 21.8. The van der Waals surface area contributed by atoms with Gasteiger partial charge >= 0.3 is 5.97 Å². The fourth-order valence-electron chi connectivity index (χ4n) is 5.68. The van der Waals surface area contributed by atoms with Gasteiger partial charge in [0.05, 0.1) is 5.57 Å². The van der Waals surface area contributed by atoms with Crippen molar-refractivity contribution in [1.82, 2.24) is 15.1 Å². The molecule has 2 N–H and O–H groups in total. The van der Waals surface area contributed by atoms with Crippen molar-refractivity contribution in [2.45, 2.75) is 25.3 Å². The van der Waals surface area contributed by atoms with Gasteiger partial charge in [0.1, 0.15) is 0 Å². The lowest BCUT2D eigenvalue weighted by atomic mass is 9.88. The topological polar surface area (TPSA) is 72.9 Å². The summed E-state index contributed by atoms with van der Waals surface area (Å²) >= 11 is 0. The minimum Gasteiger partial charge on any atom is -0.478 e. The Morgan fingerprint density at radius 1 is 1.00 bits per heavy atom. The number of carbonyl (C=O) groups is 2. The van der Waals surface area contributed by atoms with Crippen molar-refractivity contribution in [3.63, 3.8) is 0 Å². The molecular weight excluding hydrogens is 474 g/mol. The SMILES string of the molecule is C[C@@H](NC[C@H]1CN(C(=O)CCN2C=CC(C(=O)O)=CC2)C[C@@H]1c1ccccc1)c1cccc2ccccc12. The maximum Gasteiger partial charge on any atom is 0.335 e. The number of carboxylic acids is 1. The van der Waals surface area contributed by atoms with E-state index in [2.05, 4.69) is 79.0 Å². The second-order valence-corrected chi connectivity index (χ2v) is 10.3. The van der Waals surface area contributed by atoms with Gasteiger partial charge in [0.15, 0.2) is 0 Å². The fraction of sp³-hybridized carbons (Fsp3) is 0.312. The number of hydrogen-bond acceptors (Lipinski definition) is 4. The molecule has 0 bridgehead atoms. The molecule has 6 nitrogen and oxygen atoms in total. The summed E-state index contributed by atoms with van der Waals surface area (Å²) in [7, 11) is 0. The summed E-state index contributed by atoms with van der Waals surface area (Å²) < 4.78 is 0. The van der Waals surface area contributed by atoms with E-state index < -0.39 is 5.97 Å². The number of carbonyl (C=O) groups excluding carboxylic acids is 1. The van der Waals surface area contributed by atoms with Crippen molar-refractivity contribution in [2.24, 2.45) is 5.92 Å². The molecule has 1 fully saturated rings. The Morgan fingerprint density at radius 3 is 2.53 bits per heavy atom. The predicted octanol–water partition coefficient (Wildman–Crippen LogP) is 4.96. The number of likely N-dealkylation sites (tertiary alicyclic amines) is 1. The third-order valence-corrected chi connectivity index (χ3v) is 7.87. The molecule has 196 valence electrons. The quantitative estimate of drug-likeness (QED) is 0.427. The van der Waals surface area contributed by atoms with Gasteiger partial charge < -0.3 is 20.2 Å². The Labute approximate surface area is 224 Å². The average molecular weight is 510 g/mol. The molecule has 38 heavy (non-hydrogen) atoms. The molecule has 0 aromatic heterocycles. The van der Waals surface area contributed by atoms with Crippen LogP contribution in [-0.4, -0.2) is 59.5 Å². The van der Waals surface area contributed by atoms with E-state index in [0.29, 0.717) is 31.0 Å². The first-order valence-electron chi connectivity index (χ1n) is 13.4. The predicted molar refractivity (Wildman–Crippen MR) is 151 cm³/mol. The fourth-order valence-corrected chi connectivity index (χ4v) is 5.68. The number of nitrogens with zero attached hydrogens (tertiary/aromatic N) is 2. The number of benzene rings is 3. The highest BCUT2D eigenvalue weighted by atomic mass is 16.4. The summed E-state index contributed by atoms with van der Waals surface area (Å²) in [6.45, 7) is 5.57. The van der Waals surface area contributed by atoms with Crippen LogP contribution in [0.1, 0.15) is 36.4 Å². The summed E-state index contributed by atoms with van der Waals surface area (Å²) in [5.74, 6) is -0.176. The first kappa shape index (κ1) is 25.7. The van der Waals surface area contributed by atoms with E-state index in [0.717, 1.165) is 19.6 Å². The van der Waals surface area contributed by atoms with Crippen molar-refractivity contribution < 1.29 is 14.7 Å². The smallest absolute Gasteiger partial charge is 0.335 e. The van der Waals surface area contributed by atoms with Gasteiger partial charge in [-0.1, -0.05) is 78.9 Å². The van der Waals surface area contributed by atoms with Crippen LogP contribution in [0.15, 0.2) is 96.7 Å². The van der Waals surface area contributed by atoms with E-state index in [-0.39, 0.29) is 17.9 Å². The van der Waals surface area contributed by atoms with Crippen LogP contribution < -0.4 is 5.32 Å². The highest BCUT2D eigenvalue weighted by Crippen LogP contribution is 2.33. The Bertz CT molecular complexity index is 1350. The average Bonchev–Trinajstić information content (AvgIpc) is 3.39. The molecular formula is C32H35N3O3. The van der Waals surface area contributed by atoms with Gasteiger partial charge in [-0.15, -0.1) is 0 Å². The van der Waals surface area contributed by atoms with Gasteiger partial charge in [-0.05, 0) is 40.8 Å². The second kappa shape index (κ2) is 11.7. The van der Waals surface area contributed by atoms with Crippen LogP contribution in [0, 0.1) is 5.92 Å². The van der Waals surface area contributed by atoms with Crippen molar-refractivity contribution in [1.29, 1.82) is 0 Å². The Balaban J connectivity index is 1.23. The number of fused-ring (bicyclic) bond motifs is 1. The first-order chi connectivity index (χ1) is 18.5. The molecule has 2 aliphatic rings. The van der Waals surface area contributed by atoms with E-state index in [9.17, 15) is 9.59 Å². The molecule has 5 rings (SSSR count). The Hall–Kier alpha value is -3.90. The van der Waals surface area contributed by atoms with Crippen molar-refractivity contribution in [3.05, 3.63) is 108 Å². The molecule has 1 saturated heterocycles. The maximum absolute atomic E-state index is 13.2. The van der Waals surface area contributed by atoms with E-state index >= 15 is 0 Å². The number of rotatable bonds is 9. The summed E-state index contributed by atoms with van der Waals surface area (Å²) in [5, 5.41) is 15.4. The number of aliphatic carboxylic acids is 1. The van der Waals surface area contributed by atoms with Crippen LogP contribution in [0.3, 0.4) is 0 Å². The standard InChI is InChI=1S/C32H35N3O3/c1-23(28-13-7-11-24-10-5-6-12-29(24)28)33-20-27-21-35(22-30(27)25-8-3-2-4-9-25)31(36)16-19-34-17-14-26(15-18-34)32(37)38/h2-15,17,23,27,30,33H,16,18-22H2,1H3,(H,37,38)/t23-,27+,30-/m1/s1. The molecule has 3 atom stereocenters. The summed E-state index contributed by atoms with van der Waals surface area (Å²) in [6.07, 6.45) is 5.47. The zero-order valence-corrected chi connectivity index (χ0v) is 21.8. The maximum atomic E-state index is 13.2. The molecule has 2 aliphatic heterocycles. The lowest BCUT2D eigenvalue weighted by Crippen LogP contribution is -2.34. The van der Waals surface area contributed by atoms with Gasteiger partial charge in [-0.25, -0.2) is 4.79 Å². The normalized spacial score (nSPS) is 20.0. The third kappa shape index (κ3) is 5.81. The van der Waals surface area contributed by atoms with E-state index in [1.165, 1.54) is 21.9 Å². The van der Waals surface area contributed by atoms with Crippen molar-refractivity contribution in [2.75, 3.05) is 32.7 Å². The second-order valence-electron chi connectivity index (χ2n) is 10.3. The lowest BCUT2D eigenvalue weighted by molar-refractivity contribution is -0.132. The van der Waals surface area contributed by atoms with Crippen LogP contribution in [-0.2, 0) is 9.59 Å². The van der Waals surface area contributed by atoms with Gasteiger partial charge in [-0.3, -0.25) is 4.79 Å². The van der Waals surface area contributed by atoms with Gasteiger partial charge in [0.25, 0.3) is 0 Å². The lowest BCUT2D eigenvalue weighted by Gasteiger charge is -2.23. The molecule has 2 heterocycles. The molecule has 0 radical (unpaired) electrons. The number of amides is 1. The van der Waals surface area contributed by atoms with Gasteiger partial charge in [0, 0.05) is 57.3 Å². The molecule has 0 saturated carbocycles.